The Kier molecular flexibility index (Phi) is 20.3. The number of nitrogens with zero attached hydrogens (tertiary/aromatic N) is 2. The van der Waals surface area contributed by atoms with Gasteiger partial charge in [-0.25, -0.2) is 9.97 Å². The van der Waals surface area contributed by atoms with Gasteiger partial charge in [0.05, 0.1) is 21.3 Å². The summed E-state index contributed by atoms with van der Waals surface area (Å²) in [5.41, 5.74) is 2.41. The molecule has 0 unspecified atom stereocenters. The number of amides is 3. The van der Waals surface area contributed by atoms with Crippen molar-refractivity contribution in [1.29, 1.82) is 0 Å². The minimum atomic E-state index is -0.418. The quantitative estimate of drug-likeness (QED) is 0.148. The van der Waals surface area contributed by atoms with Crippen molar-refractivity contribution in [3.05, 3.63) is 78.9 Å². The number of aromatic nitrogens is 3. The molecule has 3 amide bonds. The number of hydrogen-bond donors (Lipinski definition) is 4. The van der Waals surface area contributed by atoms with Crippen molar-refractivity contribution in [2.75, 3.05) is 16.0 Å². The van der Waals surface area contributed by atoms with Crippen LogP contribution in [0.15, 0.2) is 78.9 Å². The number of anilines is 3. The molecule has 0 aliphatic heterocycles. The highest BCUT2D eigenvalue weighted by atomic mass is 32.1. The smallest absolute Gasteiger partial charge is 0.232 e. The number of fused-ring (bicyclic) bond motifs is 2. The number of benzene rings is 3. The van der Waals surface area contributed by atoms with Gasteiger partial charge < -0.3 is 15.6 Å². The van der Waals surface area contributed by atoms with Crippen molar-refractivity contribution in [3.63, 3.8) is 0 Å². The van der Waals surface area contributed by atoms with E-state index in [1.54, 1.807) is 0 Å². The number of nitrogens with one attached hydrogen (secondary N) is 4. The lowest BCUT2D eigenvalue weighted by Crippen LogP contribution is -2.28. The number of imidazole rings is 1. The van der Waals surface area contributed by atoms with Crippen LogP contribution in [0.4, 0.5) is 16.8 Å². The molecule has 0 bridgehead atoms. The van der Waals surface area contributed by atoms with Crippen LogP contribution in [0.2, 0.25) is 0 Å². The van der Waals surface area contributed by atoms with E-state index in [0.29, 0.717) is 11.1 Å². The number of carbonyl (C=O) groups is 3. The van der Waals surface area contributed by atoms with E-state index >= 15 is 0 Å². The van der Waals surface area contributed by atoms with E-state index in [0.717, 1.165) is 26.9 Å². The van der Waals surface area contributed by atoms with Gasteiger partial charge in [0.1, 0.15) is 0 Å². The zero-order valence-corrected chi connectivity index (χ0v) is 34.3. The van der Waals surface area contributed by atoms with E-state index in [2.05, 4.69) is 30.9 Å². The first kappa shape index (κ1) is 46.4. The Hall–Kier alpha value is -4.57. The number of H-pyrrole nitrogens is 1. The molecule has 2 heterocycles. The van der Waals surface area contributed by atoms with Crippen LogP contribution in [0.5, 0.6) is 0 Å². The summed E-state index contributed by atoms with van der Waals surface area (Å²) in [7, 11) is 0. The molecule has 0 aliphatic rings. The van der Waals surface area contributed by atoms with Gasteiger partial charge in [0.2, 0.25) is 23.7 Å². The Balaban J connectivity index is 0.000000687. The normalized spacial score (nSPS) is 10.5. The van der Waals surface area contributed by atoms with Crippen molar-refractivity contribution >= 4 is 67.1 Å². The molecule has 51 heavy (non-hydrogen) atoms. The minimum absolute atomic E-state index is 0.00782. The highest BCUT2D eigenvalue weighted by Gasteiger charge is 2.23. The summed E-state index contributed by atoms with van der Waals surface area (Å²) in [5.74, 6) is 0.484. The van der Waals surface area contributed by atoms with Gasteiger partial charge in [-0.1, -0.05) is 158 Å². The third-order valence-corrected chi connectivity index (χ3v) is 7.16. The van der Waals surface area contributed by atoms with E-state index in [1.165, 1.54) is 11.3 Å². The molecule has 0 fully saturated rings. The zero-order chi connectivity index (χ0) is 39.4. The van der Waals surface area contributed by atoms with Crippen molar-refractivity contribution in [3.8, 4) is 0 Å². The lowest BCUT2D eigenvalue weighted by atomic mass is 9.95. The molecule has 0 radical (unpaired) electrons. The fourth-order valence-electron chi connectivity index (χ4n) is 3.36. The van der Waals surface area contributed by atoms with Crippen molar-refractivity contribution in [1.82, 2.24) is 15.0 Å². The van der Waals surface area contributed by atoms with Gasteiger partial charge in [-0.2, -0.15) is 0 Å². The zero-order valence-electron chi connectivity index (χ0n) is 33.5. The first-order chi connectivity index (χ1) is 23.9. The third kappa shape index (κ3) is 16.8. The number of hydrogen-bond acceptors (Lipinski definition) is 6. The topological polar surface area (TPSA) is 129 Å². The largest absolute Gasteiger partial charge is 0.326 e. The SMILES string of the molecule is CC.CC.CC.CC(C)(C)C(=O)Nc1ccccc1.CC(C)(C)C(=O)Nc1nc2ccccc2[nH]1.CC(C)(C)C(=O)Nc1nc2ccccc2s1. The third-order valence-electron chi connectivity index (χ3n) is 6.21. The lowest BCUT2D eigenvalue weighted by molar-refractivity contribution is -0.123. The van der Waals surface area contributed by atoms with Gasteiger partial charge in [-0.15, -0.1) is 0 Å². The maximum atomic E-state index is 11.8. The molecule has 10 heteroatoms. The van der Waals surface area contributed by atoms with E-state index in [4.69, 9.17) is 0 Å². The molecule has 0 spiro atoms. The second-order valence-electron chi connectivity index (χ2n) is 13.6. The van der Waals surface area contributed by atoms with Gasteiger partial charge >= 0.3 is 0 Å². The first-order valence-corrected chi connectivity index (χ1v) is 18.5. The predicted molar refractivity (Wildman–Crippen MR) is 220 cm³/mol. The first-order valence-electron chi connectivity index (χ1n) is 17.7. The van der Waals surface area contributed by atoms with Crippen molar-refractivity contribution in [2.24, 2.45) is 16.2 Å². The summed E-state index contributed by atoms with van der Waals surface area (Å²) < 4.78 is 1.09. The molecule has 0 aliphatic carbocycles. The summed E-state index contributed by atoms with van der Waals surface area (Å²) in [6, 6.07) is 25.0. The molecule has 0 saturated heterocycles. The number of thiazole rings is 1. The summed E-state index contributed by atoms with van der Waals surface area (Å²) in [6.07, 6.45) is 0. The average molecular weight is 719 g/mol. The summed E-state index contributed by atoms with van der Waals surface area (Å²) >= 11 is 1.50. The summed E-state index contributed by atoms with van der Waals surface area (Å²) in [5, 5.41) is 9.12. The van der Waals surface area contributed by atoms with Gasteiger partial charge in [0, 0.05) is 21.9 Å². The van der Waals surface area contributed by atoms with Gasteiger partial charge in [-0.05, 0) is 36.4 Å². The Morgan fingerprint density at radius 3 is 1.45 bits per heavy atom. The Labute approximate surface area is 310 Å². The maximum Gasteiger partial charge on any atom is 0.232 e. The molecule has 0 saturated carbocycles. The van der Waals surface area contributed by atoms with Crippen LogP contribution in [0.3, 0.4) is 0 Å². The maximum absolute atomic E-state index is 11.8. The van der Waals surface area contributed by atoms with Crippen LogP contribution in [0.25, 0.3) is 21.3 Å². The second kappa shape index (κ2) is 22.3. The van der Waals surface area contributed by atoms with Crippen LogP contribution in [-0.2, 0) is 14.4 Å². The van der Waals surface area contributed by atoms with E-state index in [1.807, 2.05) is 183 Å². The Bertz CT molecular complexity index is 1580. The number of rotatable bonds is 3. The Morgan fingerprint density at radius 2 is 0.961 bits per heavy atom. The van der Waals surface area contributed by atoms with Gasteiger partial charge in [-0.3, -0.25) is 19.7 Å². The second-order valence-corrected chi connectivity index (χ2v) is 14.6. The van der Waals surface area contributed by atoms with Crippen LogP contribution in [0, 0.1) is 16.2 Å². The molecule has 4 N–H and O–H groups in total. The van der Waals surface area contributed by atoms with Gasteiger partial charge in [0.25, 0.3) is 0 Å². The summed E-state index contributed by atoms with van der Waals surface area (Å²) in [4.78, 5) is 46.7. The fraction of sp³-hybridized carbons (Fsp3) is 0.439. The molecular weight excluding hydrogens is 657 g/mol. The van der Waals surface area contributed by atoms with E-state index in [9.17, 15) is 14.4 Å². The lowest BCUT2D eigenvalue weighted by Gasteiger charge is -2.17. The molecule has 0 atom stereocenters. The standard InChI is InChI=1S/C12H15N3O.C12H14N2OS.C11H15NO.3C2H6/c1-12(2,3)10(16)15-11-13-8-6-4-5-7-9(8)14-11;1-12(2,3)10(15)14-11-13-8-6-4-5-7-9(8)16-11;1-11(2,3)10(13)12-9-7-5-4-6-8-9;3*1-2/h4-7H,1-3H3,(H2,13,14,15,16);4-7H,1-3H3,(H,13,14,15);4-8H,1-3H3,(H,12,13);3*1-2H3. The van der Waals surface area contributed by atoms with Crippen LogP contribution >= 0.6 is 11.3 Å². The monoisotopic (exact) mass is 718 g/mol. The molecule has 3 aromatic carbocycles. The number of aromatic amines is 1. The number of carbonyl (C=O) groups excluding carboxylic acids is 3. The van der Waals surface area contributed by atoms with Crippen molar-refractivity contribution in [2.45, 2.75) is 104 Å². The molecule has 9 nitrogen and oxygen atoms in total. The molecule has 5 aromatic rings. The van der Waals surface area contributed by atoms with Crippen LogP contribution in [-0.4, -0.2) is 32.7 Å². The van der Waals surface area contributed by atoms with E-state index < -0.39 is 10.8 Å². The molecular formula is C41H62N6O3S. The number of para-hydroxylation sites is 4. The molecule has 5 rings (SSSR count). The predicted octanol–water partition coefficient (Wildman–Crippen LogP) is 11.6. The fourth-order valence-corrected chi connectivity index (χ4v) is 4.22. The van der Waals surface area contributed by atoms with Gasteiger partial charge in [0.15, 0.2) is 5.13 Å². The van der Waals surface area contributed by atoms with Crippen LogP contribution < -0.4 is 16.0 Å². The molecule has 2 aromatic heterocycles. The Morgan fingerprint density at radius 1 is 0.529 bits per heavy atom. The highest BCUT2D eigenvalue weighted by Crippen LogP contribution is 2.27. The molecule has 280 valence electrons. The summed E-state index contributed by atoms with van der Waals surface area (Å²) in [6.45, 7) is 28.9. The highest BCUT2D eigenvalue weighted by molar-refractivity contribution is 7.22. The minimum Gasteiger partial charge on any atom is -0.326 e. The van der Waals surface area contributed by atoms with Crippen molar-refractivity contribution < 1.29 is 14.4 Å². The van der Waals surface area contributed by atoms with E-state index in [-0.39, 0.29) is 23.1 Å². The van der Waals surface area contributed by atoms with Crippen LogP contribution in [0.1, 0.15) is 104 Å². The average Bonchev–Trinajstić information content (AvgIpc) is 3.70.